The van der Waals surface area contributed by atoms with Gasteiger partial charge in [-0.3, -0.25) is 10.1 Å². The number of nitrogens with zero attached hydrogens (tertiary/aromatic N) is 3. The third-order valence-corrected chi connectivity index (χ3v) is 3.26. The monoisotopic (exact) mass is 308 g/mol. The van der Waals surface area contributed by atoms with Gasteiger partial charge in [0, 0.05) is 17.7 Å². The first-order chi connectivity index (χ1) is 11.1. The number of nitro groups is 1. The van der Waals surface area contributed by atoms with E-state index in [0.29, 0.717) is 5.52 Å². The highest BCUT2D eigenvalue weighted by molar-refractivity contribution is 5.90. The van der Waals surface area contributed by atoms with Gasteiger partial charge in [-0.15, -0.1) is 0 Å². The summed E-state index contributed by atoms with van der Waals surface area (Å²) in [6.45, 7) is 0. The lowest BCUT2D eigenvalue weighted by Crippen LogP contribution is -1.92. The second-order valence-corrected chi connectivity index (χ2v) is 4.74. The van der Waals surface area contributed by atoms with Gasteiger partial charge in [0.05, 0.1) is 21.5 Å². The standard InChI is InChI=1S/C16H9FN4O2/c17-13-6-5-12(21(22)23)8-10(13)7-11(9-18)16-19-14-3-1-2-4-15(14)20-16/h1-8H,(H,19,20)/b11-7+. The van der Waals surface area contributed by atoms with Crippen LogP contribution in [0.25, 0.3) is 22.7 Å². The van der Waals surface area contributed by atoms with E-state index in [1.165, 1.54) is 6.08 Å². The molecule has 0 saturated carbocycles. The van der Waals surface area contributed by atoms with E-state index in [2.05, 4.69) is 9.97 Å². The number of fused-ring (bicyclic) bond motifs is 1. The Morgan fingerprint density at radius 2 is 2.13 bits per heavy atom. The molecule has 112 valence electrons. The molecule has 6 nitrogen and oxygen atoms in total. The number of hydrogen-bond donors (Lipinski definition) is 1. The molecule has 0 fully saturated rings. The van der Waals surface area contributed by atoms with Gasteiger partial charge >= 0.3 is 0 Å². The molecule has 2 aromatic carbocycles. The number of nitrogens with one attached hydrogen (secondary N) is 1. The summed E-state index contributed by atoms with van der Waals surface area (Å²) < 4.78 is 13.8. The van der Waals surface area contributed by atoms with Gasteiger partial charge in [-0.1, -0.05) is 12.1 Å². The van der Waals surface area contributed by atoms with E-state index in [1.54, 1.807) is 12.1 Å². The molecular weight excluding hydrogens is 299 g/mol. The van der Waals surface area contributed by atoms with Crippen molar-refractivity contribution in [1.82, 2.24) is 9.97 Å². The van der Waals surface area contributed by atoms with E-state index in [9.17, 15) is 19.8 Å². The Hall–Kier alpha value is -3.53. The van der Waals surface area contributed by atoms with Gasteiger partial charge in [0.25, 0.3) is 5.69 Å². The van der Waals surface area contributed by atoms with Crippen molar-refractivity contribution in [2.24, 2.45) is 0 Å². The average Bonchev–Trinajstić information content (AvgIpc) is 2.97. The minimum atomic E-state index is -0.653. The van der Waals surface area contributed by atoms with Gasteiger partial charge in [0.15, 0.2) is 0 Å². The normalized spacial score (nSPS) is 11.4. The highest BCUT2D eigenvalue weighted by Gasteiger charge is 2.12. The van der Waals surface area contributed by atoms with Crippen molar-refractivity contribution in [3.8, 4) is 6.07 Å². The van der Waals surface area contributed by atoms with E-state index >= 15 is 0 Å². The number of hydrogen-bond acceptors (Lipinski definition) is 4. The summed E-state index contributed by atoms with van der Waals surface area (Å²) in [7, 11) is 0. The number of H-pyrrole nitrogens is 1. The summed E-state index contributed by atoms with van der Waals surface area (Å²) in [4.78, 5) is 17.4. The van der Waals surface area contributed by atoms with Gasteiger partial charge in [0.1, 0.15) is 17.7 Å². The number of para-hydroxylation sites is 2. The largest absolute Gasteiger partial charge is 0.337 e. The van der Waals surface area contributed by atoms with Crippen LogP contribution in [0.4, 0.5) is 10.1 Å². The highest BCUT2D eigenvalue weighted by atomic mass is 19.1. The topological polar surface area (TPSA) is 95.6 Å². The van der Waals surface area contributed by atoms with Crippen molar-refractivity contribution in [2.75, 3.05) is 0 Å². The number of benzene rings is 2. The van der Waals surface area contributed by atoms with Crippen molar-refractivity contribution in [1.29, 1.82) is 5.26 Å². The molecule has 1 N–H and O–H groups in total. The van der Waals surface area contributed by atoms with Crippen LogP contribution in [0.3, 0.4) is 0 Å². The fraction of sp³-hybridized carbons (Fsp3) is 0. The molecule has 3 aromatic rings. The zero-order chi connectivity index (χ0) is 16.4. The first-order valence-corrected chi connectivity index (χ1v) is 6.59. The van der Waals surface area contributed by atoms with Gasteiger partial charge in [0.2, 0.25) is 0 Å². The number of aromatic amines is 1. The molecule has 0 bridgehead atoms. The summed E-state index contributed by atoms with van der Waals surface area (Å²) in [6.07, 6.45) is 1.24. The van der Waals surface area contributed by atoms with Crippen molar-refractivity contribution in [3.05, 3.63) is 69.8 Å². The van der Waals surface area contributed by atoms with E-state index in [0.717, 1.165) is 23.7 Å². The van der Waals surface area contributed by atoms with Crippen molar-refractivity contribution in [2.45, 2.75) is 0 Å². The van der Waals surface area contributed by atoms with E-state index in [1.807, 2.05) is 18.2 Å². The van der Waals surface area contributed by atoms with Crippen LogP contribution in [-0.4, -0.2) is 14.9 Å². The third-order valence-electron chi connectivity index (χ3n) is 3.26. The van der Waals surface area contributed by atoms with Crippen LogP contribution in [0.15, 0.2) is 42.5 Å². The second kappa shape index (κ2) is 5.69. The summed E-state index contributed by atoms with van der Waals surface area (Å²) in [5.74, 6) is -0.376. The molecule has 0 spiro atoms. The molecule has 0 radical (unpaired) electrons. The Kier molecular flexibility index (Phi) is 3.57. The zero-order valence-electron chi connectivity index (χ0n) is 11.7. The molecule has 3 rings (SSSR count). The Morgan fingerprint density at radius 1 is 1.35 bits per heavy atom. The Morgan fingerprint density at radius 3 is 2.83 bits per heavy atom. The lowest BCUT2D eigenvalue weighted by atomic mass is 10.1. The number of halogens is 1. The Balaban J connectivity index is 2.10. The molecule has 0 unspecified atom stereocenters. The zero-order valence-corrected chi connectivity index (χ0v) is 11.7. The first-order valence-electron chi connectivity index (χ1n) is 6.59. The molecule has 1 aromatic heterocycles. The van der Waals surface area contributed by atoms with Crippen LogP contribution in [0.2, 0.25) is 0 Å². The lowest BCUT2D eigenvalue weighted by molar-refractivity contribution is -0.384. The highest BCUT2D eigenvalue weighted by Crippen LogP contribution is 2.23. The van der Waals surface area contributed by atoms with Crippen LogP contribution < -0.4 is 0 Å². The van der Waals surface area contributed by atoms with Crippen molar-refractivity contribution < 1.29 is 9.31 Å². The quantitative estimate of drug-likeness (QED) is 0.453. The minimum Gasteiger partial charge on any atom is -0.337 e. The summed E-state index contributed by atoms with van der Waals surface area (Å²) >= 11 is 0. The molecule has 0 aliphatic heterocycles. The van der Waals surface area contributed by atoms with Crippen LogP contribution >= 0.6 is 0 Å². The minimum absolute atomic E-state index is 0.0452. The second-order valence-electron chi connectivity index (χ2n) is 4.74. The SMILES string of the molecule is N#C/C(=C\c1cc([N+](=O)[O-])ccc1F)c1nc2ccccc2[nH]1. The predicted molar refractivity (Wildman–Crippen MR) is 82.6 cm³/mol. The van der Waals surface area contributed by atoms with Crippen LogP contribution in [0, 0.1) is 27.3 Å². The number of imidazole rings is 1. The van der Waals surface area contributed by atoms with E-state index < -0.39 is 10.7 Å². The van der Waals surface area contributed by atoms with Crippen molar-refractivity contribution in [3.63, 3.8) is 0 Å². The molecule has 0 saturated heterocycles. The first kappa shape index (κ1) is 14.4. The van der Waals surface area contributed by atoms with Crippen molar-refractivity contribution >= 4 is 28.4 Å². The maximum absolute atomic E-state index is 13.8. The fourth-order valence-corrected chi connectivity index (χ4v) is 2.14. The number of rotatable bonds is 3. The predicted octanol–water partition coefficient (Wildman–Crippen LogP) is 3.67. The number of aromatic nitrogens is 2. The lowest BCUT2D eigenvalue weighted by Gasteiger charge is -1.99. The number of nitro benzene ring substituents is 1. The van der Waals surface area contributed by atoms with Gasteiger partial charge < -0.3 is 4.98 Å². The average molecular weight is 308 g/mol. The van der Waals surface area contributed by atoms with Gasteiger partial charge in [-0.2, -0.15) is 5.26 Å². The molecule has 0 atom stereocenters. The molecule has 0 amide bonds. The van der Waals surface area contributed by atoms with Gasteiger partial charge in [-0.25, -0.2) is 9.37 Å². The molecule has 7 heteroatoms. The summed E-state index contributed by atoms with van der Waals surface area (Å²) in [5.41, 5.74) is 1.20. The van der Waals surface area contributed by atoms with E-state index in [-0.39, 0.29) is 22.6 Å². The van der Waals surface area contributed by atoms with E-state index in [4.69, 9.17) is 0 Å². The summed E-state index contributed by atoms with van der Waals surface area (Å²) in [5, 5.41) is 20.1. The number of allylic oxidation sites excluding steroid dienone is 1. The maximum atomic E-state index is 13.8. The third kappa shape index (κ3) is 2.78. The molecule has 1 heterocycles. The smallest absolute Gasteiger partial charge is 0.270 e. The van der Waals surface area contributed by atoms with Gasteiger partial charge in [-0.05, 0) is 24.3 Å². The molecule has 23 heavy (non-hydrogen) atoms. The molecular formula is C16H9FN4O2. The number of nitriles is 1. The van der Waals surface area contributed by atoms with Crippen LogP contribution in [0.5, 0.6) is 0 Å². The Bertz CT molecular complexity index is 952. The molecule has 0 aliphatic carbocycles. The maximum Gasteiger partial charge on any atom is 0.270 e. The van der Waals surface area contributed by atoms with Crippen LogP contribution in [-0.2, 0) is 0 Å². The fourth-order valence-electron chi connectivity index (χ4n) is 2.14. The Labute approximate surface area is 129 Å². The summed E-state index contributed by atoms with van der Waals surface area (Å²) in [6, 6.07) is 12.3. The van der Waals surface area contributed by atoms with Crippen LogP contribution in [0.1, 0.15) is 11.4 Å². The number of non-ortho nitro benzene ring substituents is 1. The molecule has 0 aliphatic rings.